The Morgan fingerprint density at radius 1 is 0.857 bits per heavy atom. The van der Waals surface area contributed by atoms with E-state index >= 15 is 0 Å². The molecular formula is C27H29NO6S. The first-order chi connectivity index (χ1) is 17.0. The number of nitrogens with zero attached hydrogens (tertiary/aromatic N) is 1. The number of hydrogen-bond donors (Lipinski definition) is 1. The summed E-state index contributed by atoms with van der Waals surface area (Å²) in [6.45, 7) is -0.00302. The maximum atomic E-state index is 13.6. The van der Waals surface area contributed by atoms with E-state index in [0.717, 1.165) is 11.1 Å². The van der Waals surface area contributed by atoms with Crippen molar-refractivity contribution in [3.05, 3.63) is 102 Å². The SMILES string of the molecule is O=C(OCc1ccccc1)N1C[C@H](CO)C(S(=O)(=O)c2ccccc2)[C@H]1COCc1ccccc1. The van der Waals surface area contributed by atoms with Crippen molar-refractivity contribution in [2.75, 3.05) is 19.8 Å². The van der Waals surface area contributed by atoms with E-state index in [4.69, 9.17) is 9.47 Å². The molecule has 8 heteroatoms. The van der Waals surface area contributed by atoms with Gasteiger partial charge >= 0.3 is 6.09 Å². The van der Waals surface area contributed by atoms with Crippen LogP contribution < -0.4 is 0 Å². The molecule has 0 aromatic heterocycles. The van der Waals surface area contributed by atoms with Gasteiger partial charge in [-0.25, -0.2) is 13.2 Å². The van der Waals surface area contributed by atoms with Crippen molar-refractivity contribution in [2.45, 2.75) is 29.4 Å². The van der Waals surface area contributed by atoms with Crippen molar-refractivity contribution in [3.63, 3.8) is 0 Å². The maximum Gasteiger partial charge on any atom is 0.410 e. The van der Waals surface area contributed by atoms with Crippen molar-refractivity contribution in [1.82, 2.24) is 4.90 Å². The van der Waals surface area contributed by atoms with E-state index in [-0.39, 0.29) is 37.9 Å². The van der Waals surface area contributed by atoms with Gasteiger partial charge in [-0.1, -0.05) is 78.9 Å². The van der Waals surface area contributed by atoms with Gasteiger partial charge in [-0.05, 0) is 23.3 Å². The fourth-order valence-corrected chi connectivity index (χ4v) is 6.61. The van der Waals surface area contributed by atoms with E-state index in [1.165, 1.54) is 17.0 Å². The van der Waals surface area contributed by atoms with Gasteiger partial charge in [0.1, 0.15) is 6.61 Å². The average molecular weight is 496 g/mol. The molecule has 3 atom stereocenters. The Morgan fingerprint density at radius 3 is 1.97 bits per heavy atom. The van der Waals surface area contributed by atoms with Crippen molar-refractivity contribution in [2.24, 2.45) is 5.92 Å². The monoisotopic (exact) mass is 495 g/mol. The lowest BCUT2D eigenvalue weighted by Crippen LogP contribution is -2.46. The standard InChI is InChI=1S/C27H29NO6S/c29-17-23-16-28(27(30)34-19-22-12-6-2-7-13-22)25(20-33-18-21-10-4-1-5-11-21)26(23)35(31,32)24-14-8-3-9-15-24/h1-15,23,25-26,29H,16-20H2/t23-,25-,26?/m1/s1. The van der Waals surface area contributed by atoms with Crippen LogP contribution in [0.25, 0.3) is 0 Å². The van der Waals surface area contributed by atoms with Crippen LogP contribution in [0.1, 0.15) is 11.1 Å². The highest BCUT2D eigenvalue weighted by molar-refractivity contribution is 7.92. The molecule has 3 aromatic rings. The van der Waals surface area contributed by atoms with E-state index in [1.807, 2.05) is 60.7 Å². The highest BCUT2D eigenvalue weighted by Gasteiger charge is 2.51. The average Bonchev–Trinajstić information content (AvgIpc) is 3.28. The van der Waals surface area contributed by atoms with E-state index in [2.05, 4.69) is 0 Å². The van der Waals surface area contributed by atoms with E-state index in [1.54, 1.807) is 18.2 Å². The molecule has 1 heterocycles. The van der Waals surface area contributed by atoms with Crippen molar-refractivity contribution >= 4 is 15.9 Å². The first-order valence-corrected chi connectivity index (χ1v) is 13.0. The summed E-state index contributed by atoms with van der Waals surface area (Å²) in [6.07, 6.45) is -0.633. The molecule has 0 spiro atoms. The zero-order valence-corrected chi connectivity index (χ0v) is 20.1. The Balaban J connectivity index is 1.57. The number of carbonyl (C=O) groups is 1. The molecular weight excluding hydrogens is 466 g/mol. The largest absolute Gasteiger partial charge is 0.445 e. The van der Waals surface area contributed by atoms with Gasteiger partial charge in [0.25, 0.3) is 0 Å². The topological polar surface area (TPSA) is 93.1 Å². The number of likely N-dealkylation sites (tertiary alicyclic amines) is 1. The minimum atomic E-state index is -3.87. The summed E-state index contributed by atoms with van der Waals surface area (Å²) in [5.74, 6) is -0.671. The number of amides is 1. The number of rotatable bonds is 9. The summed E-state index contributed by atoms with van der Waals surface area (Å²) >= 11 is 0. The van der Waals surface area contributed by atoms with Crippen LogP contribution in [-0.4, -0.2) is 55.6 Å². The van der Waals surface area contributed by atoms with Crippen molar-refractivity contribution in [3.8, 4) is 0 Å². The maximum absolute atomic E-state index is 13.6. The van der Waals surface area contributed by atoms with Crippen LogP contribution in [0.5, 0.6) is 0 Å². The second kappa shape index (κ2) is 11.5. The molecule has 35 heavy (non-hydrogen) atoms. The van der Waals surface area contributed by atoms with Crippen LogP contribution >= 0.6 is 0 Å². The molecule has 0 saturated carbocycles. The fraction of sp³-hybridized carbons (Fsp3) is 0.296. The molecule has 7 nitrogen and oxygen atoms in total. The summed E-state index contributed by atoms with van der Waals surface area (Å²) in [4.78, 5) is 14.6. The third kappa shape index (κ3) is 5.90. The van der Waals surface area contributed by atoms with Gasteiger partial charge in [-0.3, -0.25) is 0 Å². The quantitative estimate of drug-likeness (QED) is 0.487. The van der Waals surface area contributed by atoms with Crippen LogP contribution in [0.15, 0.2) is 95.9 Å². The molecule has 3 aromatic carbocycles. The molecule has 0 bridgehead atoms. The molecule has 0 radical (unpaired) electrons. The summed E-state index contributed by atoms with van der Waals surface area (Å²) in [5, 5.41) is 9.06. The van der Waals surface area contributed by atoms with Gasteiger partial charge in [0.05, 0.1) is 29.4 Å². The van der Waals surface area contributed by atoms with Crippen molar-refractivity contribution < 1.29 is 27.8 Å². The Labute approximate surface area is 205 Å². The van der Waals surface area contributed by atoms with E-state index in [0.29, 0.717) is 0 Å². The smallest absolute Gasteiger partial charge is 0.410 e. The Bertz CT molecular complexity index is 1190. The van der Waals surface area contributed by atoms with Gasteiger partial charge in [-0.15, -0.1) is 0 Å². The summed E-state index contributed by atoms with van der Waals surface area (Å²) in [6, 6.07) is 26.1. The van der Waals surface area contributed by atoms with Gasteiger partial charge < -0.3 is 19.5 Å². The molecule has 1 saturated heterocycles. The van der Waals surface area contributed by atoms with Crippen LogP contribution in [0.4, 0.5) is 4.79 Å². The minimum absolute atomic E-state index is 0.0113. The summed E-state index contributed by atoms with van der Waals surface area (Å²) in [7, 11) is -3.87. The third-order valence-electron chi connectivity index (χ3n) is 6.18. The normalized spacial score (nSPS) is 20.0. The molecule has 0 aliphatic carbocycles. The lowest BCUT2D eigenvalue weighted by atomic mass is 10.1. The molecule has 1 N–H and O–H groups in total. The minimum Gasteiger partial charge on any atom is -0.445 e. The predicted octanol–water partition coefficient (Wildman–Crippen LogP) is 3.68. The van der Waals surface area contributed by atoms with Crippen LogP contribution in [0.2, 0.25) is 0 Å². The van der Waals surface area contributed by atoms with Crippen LogP contribution in [0.3, 0.4) is 0 Å². The van der Waals surface area contributed by atoms with E-state index in [9.17, 15) is 18.3 Å². The van der Waals surface area contributed by atoms with Gasteiger partial charge in [0.15, 0.2) is 9.84 Å². The molecule has 1 aliphatic heterocycles. The van der Waals surface area contributed by atoms with Gasteiger partial charge in [0.2, 0.25) is 0 Å². The fourth-order valence-electron chi connectivity index (χ4n) is 4.44. The Kier molecular flexibility index (Phi) is 8.17. The molecule has 1 unspecified atom stereocenters. The molecule has 4 rings (SSSR count). The Morgan fingerprint density at radius 2 is 1.40 bits per heavy atom. The third-order valence-corrected chi connectivity index (χ3v) is 8.52. The number of aliphatic hydroxyl groups excluding tert-OH is 1. The number of hydrogen-bond acceptors (Lipinski definition) is 6. The van der Waals surface area contributed by atoms with Crippen LogP contribution in [-0.2, 0) is 32.5 Å². The predicted molar refractivity (Wildman–Crippen MR) is 131 cm³/mol. The number of sulfone groups is 1. The molecule has 1 fully saturated rings. The number of ether oxygens (including phenoxy) is 2. The summed E-state index contributed by atoms with van der Waals surface area (Å²) < 4.78 is 38.7. The Hall–Kier alpha value is -3.20. The summed E-state index contributed by atoms with van der Waals surface area (Å²) in [5.41, 5.74) is 1.76. The first-order valence-electron chi connectivity index (χ1n) is 11.5. The molecule has 1 amide bonds. The van der Waals surface area contributed by atoms with Gasteiger partial charge in [0, 0.05) is 19.1 Å². The lowest BCUT2D eigenvalue weighted by Gasteiger charge is -2.28. The van der Waals surface area contributed by atoms with Crippen molar-refractivity contribution in [1.29, 1.82) is 0 Å². The van der Waals surface area contributed by atoms with Gasteiger partial charge in [-0.2, -0.15) is 0 Å². The first kappa shape index (κ1) is 24.9. The number of aliphatic hydroxyl groups is 1. The lowest BCUT2D eigenvalue weighted by molar-refractivity contribution is 0.0498. The van der Waals surface area contributed by atoms with E-state index < -0.39 is 33.1 Å². The molecule has 184 valence electrons. The van der Waals surface area contributed by atoms with Crippen LogP contribution in [0, 0.1) is 5.92 Å². The number of benzene rings is 3. The highest BCUT2D eigenvalue weighted by Crippen LogP contribution is 2.34. The number of carbonyl (C=O) groups excluding carboxylic acids is 1. The highest BCUT2D eigenvalue weighted by atomic mass is 32.2. The zero-order valence-electron chi connectivity index (χ0n) is 19.3. The molecule has 1 aliphatic rings. The zero-order chi connectivity index (χ0) is 24.7. The second-order valence-corrected chi connectivity index (χ2v) is 10.6. The second-order valence-electron chi connectivity index (χ2n) is 8.53.